The first-order chi connectivity index (χ1) is 9.75. The molecule has 0 aliphatic carbocycles. The van der Waals surface area contributed by atoms with Gasteiger partial charge in [-0.3, -0.25) is 9.69 Å². The molecule has 0 spiro atoms. The fourth-order valence-corrected chi connectivity index (χ4v) is 3.68. The quantitative estimate of drug-likeness (QED) is 0.915. The predicted octanol–water partition coefficient (Wildman–Crippen LogP) is 2.02. The number of aliphatic carboxylic acids is 1. The summed E-state index contributed by atoms with van der Waals surface area (Å²) in [6, 6.07) is 1.48. The molecule has 5 nitrogen and oxygen atoms in total. The summed E-state index contributed by atoms with van der Waals surface area (Å²) in [4.78, 5) is 18.9. The van der Waals surface area contributed by atoms with Gasteiger partial charge in [0.15, 0.2) is 0 Å². The van der Waals surface area contributed by atoms with Crippen molar-refractivity contribution < 1.29 is 9.90 Å². The second-order valence-corrected chi connectivity index (χ2v) is 5.98. The molecule has 0 bridgehead atoms. The van der Waals surface area contributed by atoms with E-state index in [0.717, 1.165) is 38.0 Å². The Labute approximate surface area is 121 Å². The van der Waals surface area contributed by atoms with Crippen LogP contribution in [0.1, 0.15) is 22.9 Å². The lowest BCUT2D eigenvalue weighted by molar-refractivity contribution is -0.144. The number of aryl methyl sites for hydroxylation is 1. The number of fused-ring (bicyclic) bond motifs is 1. The molecule has 1 aliphatic rings. The maximum atomic E-state index is 11.6. The molecule has 3 rings (SSSR count). The number of carboxylic acids is 1. The number of nitrogens with zero attached hydrogens (tertiary/aromatic N) is 3. The molecule has 3 heterocycles. The van der Waals surface area contributed by atoms with E-state index >= 15 is 0 Å². The molecule has 20 heavy (non-hydrogen) atoms. The number of thiophene rings is 1. The number of carbonyl (C=O) groups is 1. The molecule has 2 aromatic rings. The summed E-state index contributed by atoms with van der Waals surface area (Å²) in [5.41, 5.74) is 0.983. The minimum absolute atomic E-state index is 0.479. The summed E-state index contributed by atoms with van der Waals surface area (Å²) < 4.78 is 2.02. The molecule has 1 N–H and O–H groups in total. The maximum absolute atomic E-state index is 11.6. The molecular formula is C14H17N3O2S. The van der Waals surface area contributed by atoms with E-state index in [1.165, 1.54) is 4.88 Å². The highest BCUT2D eigenvalue weighted by Gasteiger charge is 2.33. The van der Waals surface area contributed by atoms with Crippen molar-refractivity contribution in [3.05, 3.63) is 40.6 Å². The molecule has 1 aliphatic heterocycles. The first-order valence-corrected chi connectivity index (χ1v) is 7.62. The Balaban J connectivity index is 1.65. The van der Waals surface area contributed by atoms with Crippen LogP contribution in [-0.4, -0.2) is 38.6 Å². The third kappa shape index (κ3) is 2.62. The molecule has 0 radical (unpaired) electrons. The first kappa shape index (κ1) is 13.3. The van der Waals surface area contributed by atoms with E-state index < -0.39 is 12.0 Å². The summed E-state index contributed by atoms with van der Waals surface area (Å²) in [7, 11) is 0. The lowest BCUT2D eigenvalue weighted by Gasteiger charge is -2.33. The van der Waals surface area contributed by atoms with Crippen molar-refractivity contribution in [3.8, 4) is 0 Å². The van der Waals surface area contributed by atoms with Crippen molar-refractivity contribution >= 4 is 17.3 Å². The third-order valence-corrected chi connectivity index (χ3v) is 4.72. The number of rotatable bonds is 5. The molecule has 1 atom stereocenters. The zero-order chi connectivity index (χ0) is 13.9. The standard InChI is InChI=1S/C14H17N3O2S/c18-14(19)13-11-3-9-20-12(11)2-7-17(13)6-1-5-16-8-4-15-10-16/h3-4,8-10,13H,1-2,5-7H2,(H,18,19). The largest absolute Gasteiger partial charge is 0.480 e. The van der Waals surface area contributed by atoms with Gasteiger partial charge in [0.1, 0.15) is 6.04 Å². The van der Waals surface area contributed by atoms with Gasteiger partial charge in [-0.15, -0.1) is 11.3 Å². The van der Waals surface area contributed by atoms with Crippen LogP contribution in [0.15, 0.2) is 30.2 Å². The van der Waals surface area contributed by atoms with Crippen LogP contribution < -0.4 is 0 Å². The second-order valence-electron chi connectivity index (χ2n) is 4.98. The van der Waals surface area contributed by atoms with Crippen LogP contribution >= 0.6 is 11.3 Å². The smallest absolute Gasteiger partial charge is 0.325 e. The van der Waals surface area contributed by atoms with Crippen LogP contribution in [0.3, 0.4) is 0 Å². The van der Waals surface area contributed by atoms with E-state index in [0.29, 0.717) is 0 Å². The zero-order valence-corrected chi connectivity index (χ0v) is 11.9. The Hall–Kier alpha value is -1.66. The van der Waals surface area contributed by atoms with Crippen molar-refractivity contribution in [1.82, 2.24) is 14.5 Å². The molecule has 106 valence electrons. The minimum Gasteiger partial charge on any atom is -0.480 e. The van der Waals surface area contributed by atoms with Crippen molar-refractivity contribution in [3.63, 3.8) is 0 Å². The lowest BCUT2D eigenvalue weighted by atomic mass is 10.00. The molecule has 2 aromatic heterocycles. The third-order valence-electron chi connectivity index (χ3n) is 3.72. The number of hydrogen-bond acceptors (Lipinski definition) is 4. The second kappa shape index (κ2) is 5.76. The highest BCUT2D eigenvalue weighted by molar-refractivity contribution is 7.10. The lowest BCUT2D eigenvalue weighted by Crippen LogP contribution is -2.39. The van der Waals surface area contributed by atoms with E-state index in [9.17, 15) is 9.90 Å². The Kier molecular flexibility index (Phi) is 3.84. The van der Waals surface area contributed by atoms with Crippen LogP contribution in [-0.2, 0) is 17.8 Å². The SMILES string of the molecule is O=C(O)C1c2ccsc2CCN1CCCn1ccnc1. The van der Waals surface area contributed by atoms with E-state index in [1.54, 1.807) is 23.9 Å². The molecule has 0 saturated heterocycles. The Morgan fingerprint density at radius 3 is 3.15 bits per heavy atom. The van der Waals surface area contributed by atoms with Crippen LogP contribution in [0.4, 0.5) is 0 Å². The summed E-state index contributed by atoms with van der Waals surface area (Å²) in [6.07, 6.45) is 7.38. The van der Waals surface area contributed by atoms with Gasteiger partial charge in [0.2, 0.25) is 0 Å². The van der Waals surface area contributed by atoms with Gasteiger partial charge in [-0.2, -0.15) is 0 Å². The average Bonchev–Trinajstić information content (AvgIpc) is 3.07. The van der Waals surface area contributed by atoms with Crippen molar-refractivity contribution in [2.45, 2.75) is 25.4 Å². The van der Waals surface area contributed by atoms with Gasteiger partial charge in [-0.25, -0.2) is 4.98 Å². The number of hydrogen-bond donors (Lipinski definition) is 1. The van der Waals surface area contributed by atoms with Gasteiger partial charge in [0.25, 0.3) is 0 Å². The fraction of sp³-hybridized carbons (Fsp3) is 0.429. The molecule has 0 fully saturated rings. The molecule has 0 amide bonds. The van der Waals surface area contributed by atoms with Gasteiger partial charge in [-0.1, -0.05) is 0 Å². The molecule has 0 aromatic carbocycles. The van der Waals surface area contributed by atoms with E-state index in [4.69, 9.17) is 0 Å². The van der Waals surface area contributed by atoms with Gasteiger partial charge >= 0.3 is 5.97 Å². The Morgan fingerprint density at radius 1 is 1.50 bits per heavy atom. The van der Waals surface area contributed by atoms with E-state index in [1.807, 2.05) is 22.2 Å². The molecule has 6 heteroatoms. The summed E-state index contributed by atoms with van der Waals surface area (Å²) in [5, 5.41) is 11.5. The van der Waals surface area contributed by atoms with E-state index in [2.05, 4.69) is 9.88 Å². The van der Waals surface area contributed by atoms with Crippen LogP contribution in [0, 0.1) is 0 Å². The molecule has 1 unspecified atom stereocenters. The van der Waals surface area contributed by atoms with Gasteiger partial charge in [0.05, 0.1) is 6.33 Å². The van der Waals surface area contributed by atoms with Crippen molar-refractivity contribution in [1.29, 1.82) is 0 Å². The maximum Gasteiger partial charge on any atom is 0.325 e. The van der Waals surface area contributed by atoms with Gasteiger partial charge < -0.3 is 9.67 Å². The highest BCUT2D eigenvalue weighted by atomic mass is 32.1. The topological polar surface area (TPSA) is 58.4 Å². The minimum atomic E-state index is -0.744. The van der Waals surface area contributed by atoms with Gasteiger partial charge in [0, 0.05) is 36.9 Å². The Bertz CT molecular complexity index is 579. The average molecular weight is 291 g/mol. The molecule has 0 saturated carbocycles. The summed E-state index contributed by atoms with van der Waals surface area (Å²) in [5.74, 6) is -0.744. The van der Waals surface area contributed by atoms with Crippen molar-refractivity contribution in [2.24, 2.45) is 0 Å². The van der Waals surface area contributed by atoms with Crippen LogP contribution in [0.25, 0.3) is 0 Å². The summed E-state index contributed by atoms with van der Waals surface area (Å²) >= 11 is 1.67. The predicted molar refractivity (Wildman–Crippen MR) is 76.8 cm³/mol. The zero-order valence-electron chi connectivity index (χ0n) is 11.1. The van der Waals surface area contributed by atoms with Gasteiger partial charge in [-0.05, 0) is 29.9 Å². The Morgan fingerprint density at radius 2 is 2.40 bits per heavy atom. The number of imidazole rings is 1. The van der Waals surface area contributed by atoms with E-state index in [-0.39, 0.29) is 0 Å². The summed E-state index contributed by atoms with van der Waals surface area (Å²) in [6.45, 7) is 2.50. The molecular weight excluding hydrogens is 274 g/mol. The number of aromatic nitrogens is 2. The van der Waals surface area contributed by atoms with Crippen LogP contribution in [0.2, 0.25) is 0 Å². The number of carboxylic acid groups (broad SMARTS) is 1. The highest BCUT2D eigenvalue weighted by Crippen LogP contribution is 2.33. The van der Waals surface area contributed by atoms with Crippen molar-refractivity contribution in [2.75, 3.05) is 13.1 Å². The first-order valence-electron chi connectivity index (χ1n) is 6.74. The van der Waals surface area contributed by atoms with Crippen LogP contribution in [0.5, 0.6) is 0 Å². The fourth-order valence-electron chi connectivity index (χ4n) is 2.77. The monoisotopic (exact) mass is 291 g/mol. The normalized spacial score (nSPS) is 18.9.